The lowest BCUT2D eigenvalue weighted by Crippen LogP contribution is -2.37. The van der Waals surface area contributed by atoms with Crippen molar-refractivity contribution in [2.75, 3.05) is 7.05 Å². The van der Waals surface area contributed by atoms with E-state index in [9.17, 15) is 4.79 Å². The molecule has 0 saturated heterocycles. The Balaban J connectivity index is 2.45. The summed E-state index contributed by atoms with van der Waals surface area (Å²) >= 11 is 1.64. The number of thiazole rings is 1. The highest BCUT2D eigenvalue weighted by Crippen LogP contribution is 2.12. The van der Waals surface area contributed by atoms with Crippen LogP contribution in [0, 0.1) is 6.92 Å². The molecule has 0 fully saturated rings. The second kappa shape index (κ2) is 5.93. The summed E-state index contributed by atoms with van der Waals surface area (Å²) in [5.74, 6) is 4.90. The number of aromatic nitrogens is 1. The normalized spacial score (nSPS) is 12.8. The van der Waals surface area contributed by atoms with E-state index in [-0.39, 0.29) is 11.9 Å². The van der Waals surface area contributed by atoms with E-state index in [1.807, 2.05) is 26.3 Å². The number of nitrogens with two attached hydrogens (primary N) is 1. The van der Waals surface area contributed by atoms with Crippen molar-refractivity contribution in [3.63, 3.8) is 0 Å². The molecule has 0 spiro atoms. The number of rotatable bonds is 5. The van der Waals surface area contributed by atoms with Gasteiger partial charge >= 0.3 is 0 Å². The van der Waals surface area contributed by atoms with Gasteiger partial charge in [-0.25, -0.2) is 10.8 Å². The van der Waals surface area contributed by atoms with Crippen LogP contribution in [0.15, 0.2) is 5.38 Å². The third kappa shape index (κ3) is 3.88. The minimum Gasteiger partial charge on any atom is -0.297 e. The first-order chi connectivity index (χ1) is 7.52. The Kier molecular flexibility index (Phi) is 4.85. The zero-order valence-electron chi connectivity index (χ0n) is 9.86. The molecule has 0 bridgehead atoms. The average Bonchev–Trinajstić information content (AvgIpc) is 2.63. The standard InChI is InChI=1S/C10H18N4OS/c1-7(4-10(15)13-11)14(3)5-9-6-16-8(2)12-9/h6-7H,4-5,11H2,1-3H3,(H,13,15). The number of aryl methyl sites for hydroxylation is 1. The minimum atomic E-state index is -0.145. The lowest BCUT2D eigenvalue weighted by Gasteiger charge is -2.22. The van der Waals surface area contributed by atoms with Crippen molar-refractivity contribution in [1.29, 1.82) is 0 Å². The van der Waals surface area contributed by atoms with Gasteiger partial charge in [0, 0.05) is 24.4 Å². The molecule has 1 aromatic heterocycles. The highest BCUT2D eigenvalue weighted by molar-refractivity contribution is 7.09. The van der Waals surface area contributed by atoms with Crippen LogP contribution < -0.4 is 11.3 Å². The molecule has 0 aliphatic rings. The molecule has 0 aromatic carbocycles. The number of hydrazine groups is 1. The summed E-state index contributed by atoms with van der Waals surface area (Å²) in [6.45, 7) is 4.73. The van der Waals surface area contributed by atoms with Gasteiger partial charge in [-0.05, 0) is 20.9 Å². The maximum Gasteiger partial charge on any atom is 0.235 e. The highest BCUT2D eigenvalue weighted by atomic mass is 32.1. The number of carbonyl (C=O) groups excluding carboxylic acids is 1. The Morgan fingerprint density at radius 1 is 1.75 bits per heavy atom. The van der Waals surface area contributed by atoms with Crippen LogP contribution >= 0.6 is 11.3 Å². The summed E-state index contributed by atoms with van der Waals surface area (Å²) < 4.78 is 0. The zero-order valence-corrected chi connectivity index (χ0v) is 10.7. The molecular weight excluding hydrogens is 224 g/mol. The van der Waals surface area contributed by atoms with Crippen molar-refractivity contribution in [2.45, 2.75) is 32.9 Å². The Hall–Kier alpha value is -0.980. The van der Waals surface area contributed by atoms with E-state index < -0.39 is 0 Å². The van der Waals surface area contributed by atoms with Crippen molar-refractivity contribution in [3.8, 4) is 0 Å². The first kappa shape index (κ1) is 13.1. The first-order valence-corrected chi connectivity index (χ1v) is 6.01. The van der Waals surface area contributed by atoms with E-state index in [1.54, 1.807) is 11.3 Å². The molecule has 1 amide bonds. The van der Waals surface area contributed by atoms with Crippen LogP contribution in [0.4, 0.5) is 0 Å². The zero-order chi connectivity index (χ0) is 12.1. The molecule has 1 heterocycles. The summed E-state index contributed by atoms with van der Waals surface area (Å²) in [6, 6.07) is 0.144. The Morgan fingerprint density at radius 2 is 2.44 bits per heavy atom. The Morgan fingerprint density at radius 3 is 2.94 bits per heavy atom. The topological polar surface area (TPSA) is 71.2 Å². The fourth-order valence-electron chi connectivity index (χ4n) is 1.38. The molecule has 1 unspecified atom stereocenters. The van der Waals surface area contributed by atoms with Crippen molar-refractivity contribution < 1.29 is 4.79 Å². The molecule has 1 atom stereocenters. The predicted molar refractivity (Wildman–Crippen MR) is 64.7 cm³/mol. The molecule has 0 radical (unpaired) electrons. The third-order valence-corrected chi connectivity index (χ3v) is 3.29. The second-order valence-corrected chi connectivity index (χ2v) is 4.96. The number of nitrogens with zero attached hydrogens (tertiary/aromatic N) is 2. The van der Waals surface area contributed by atoms with E-state index >= 15 is 0 Å². The van der Waals surface area contributed by atoms with Crippen molar-refractivity contribution in [1.82, 2.24) is 15.3 Å². The van der Waals surface area contributed by atoms with Gasteiger partial charge in [-0.15, -0.1) is 11.3 Å². The van der Waals surface area contributed by atoms with E-state index in [1.165, 1.54) is 0 Å². The molecule has 90 valence electrons. The summed E-state index contributed by atoms with van der Waals surface area (Å²) in [5.41, 5.74) is 3.19. The summed E-state index contributed by atoms with van der Waals surface area (Å²) in [4.78, 5) is 17.6. The van der Waals surface area contributed by atoms with Gasteiger partial charge in [0.25, 0.3) is 0 Å². The first-order valence-electron chi connectivity index (χ1n) is 5.13. The van der Waals surface area contributed by atoms with Crippen molar-refractivity contribution in [3.05, 3.63) is 16.1 Å². The van der Waals surface area contributed by atoms with Crippen LogP contribution in [-0.4, -0.2) is 28.9 Å². The minimum absolute atomic E-state index is 0.144. The third-order valence-electron chi connectivity index (χ3n) is 2.47. The number of amides is 1. The molecule has 0 saturated carbocycles. The van der Waals surface area contributed by atoms with E-state index in [0.29, 0.717) is 6.42 Å². The number of hydrogen-bond acceptors (Lipinski definition) is 5. The largest absolute Gasteiger partial charge is 0.297 e. The van der Waals surface area contributed by atoms with Crippen LogP contribution in [-0.2, 0) is 11.3 Å². The van der Waals surface area contributed by atoms with Gasteiger partial charge in [0.15, 0.2) is 0 Å². The molecule has 5 nitrogen and oxygen atoms in total. The van der Waals surface area contributed by atoms with E-state index in [2.05, 4.69) is 15.3 Å². The summed E-state index contributed by atoms with van der Waals surface area (Å²) in [6.07, 6.45) is 0.399. The lowest BCUT2D eigenvalue weighted by molar-refractivity contribution is -0.122. The van der Waals surface area contributed by atoms with Gasteiger partial charge in [0.1, 0.15) is 0 Å². The van der Waals surface area contributed by atoms with E-state index in [4.69, 9.17) is 5.84 Å². The van der Waals surface area contributed by atoms with Crippen molar-refractivity contribution in [2.24, 2.45) is 5.84 Å². The van der Waals surface area contributed by atoms with Gasteiger partial charge in [-0.3, -0.25) is 15.1 Å². The van der Waals surface area contributed by atoms with Crippen LogP contribution in [0.5, 0.6) is 0 Å². The Labute approximate surface area is 99.6 Å². The van der Waals surface area contributed by atoms with Gasteiger partial charge in [0.05, 0.1) is 10.7 Å². The van der Waals surface area contributed by atoms with Crippen LogP contribution in [0.2, 0.25) is 0 Å². The SMILES string of the molecule is Cc1nc(CN(C)C(C)CC(=O)NN)cs1. The highest BCUT2D eigenvalue weighted by Gasteiger charge is 2.14. The molecule has 3 N–H and O–H groups in total. The van der Waals surface area contributed by atoms with Crippen molar-refractivity contribution >= 4 is 17.2 Å². The van der Waals surface area contributed by atoms with Gasteiger partial charge in [-0.1, -0.05) is 0 Å². The van der Waals surface area contributed by atoms with Crippen LogP contribution in [0.25, 0.3) is 0 Å². The Bertz CT molecular complexity index is 352. The molecule has 0 aliphatic carbocycles. The van der Waals surface area contributed by atoms with Crippen LogP contribution in [0.3, 0.4) is 0 Å². The number of carbonyl (C=O) groups is 1. The number of nitrogens with one attached hydrogen (secondary N) is 1. The quantitative estimate of drug-likeness (QED) is 0.452. The fourth-order valence-corrected chi connectivity index (χ4v) is 1.98. The molecule has 0 aliphatic heterocycles. The lowest BCUT2D eigenvalue weighted by atomic mass is 10.2. The molecule has 1 rings (SSSR count). The molecule has 16 heavy (non-hydrogen) atoms. The fraction of sp³-hybridized carbons (Fsp3) is 0.600. The maximum atomic E-state index is 11.1. The van der Waals surface area contributed by atoms with E-state index in [0.717, 1.165) is 17.2 Å². The molecular formula is C10H18N4OS. The number of hydrogen-bond donors (Lipinski definition) is 2. The molecule has 1 aromatic rings. The smallest absolute Gasteiger partial charge is 0.235 e. The van der Waals surface area contributed by atoms with Gasteiger partial charge < -0.3 is 0 Å². The monoisotopic (exact) mass is 242 g/mol. The molecule has 6 heteroatoms. The summed E-state index contributed by atoms with van der Waals surface area (Å²) in [5, 5.41) is 3.11. The predicted octanol–water partition coefficient (Wildman–Crippen LogP) is 0.652. The van der Waals surface area contributed by atoms with Crippen LogP contribution in [0.1, 0.15) is 24.0 Å². The second-order valence-electron chi connectivity index (χ2n) is 3.89. The maximum absolute atomic E-state index is 11.1. The average molecular weight is 242 g/mol. The summed E-state index contributed by atoms with van der Waals surface area (Å²) in [7, 11) is 1.98. The van der Waals surface area contributed by atoms with Gasteiger partial charge in [0.2, 0.25) is 5.91 Å². The van der Waals surface area contributed by atoms with Gasteiger partial charge in [-0.2, -0.15) is 0 Å².